The Bertz CT molecular complexity index is 1160. The van der Waals surface area contributed by atoms with E-state index in [0.29, 0.717) is 21.4 Å². The summed E-state index contributed by atoms with van der Waals surface area (Å²) >= 11 is 2.50. The number of benzene rings is 2. The van der Waals surface area contributed by atoms with Crippen molar-refractivity contribution < 1.29 is 4.79 Å². The average molecular weight is 409 g/mol. The van der Waals surface area contributed by atoms with E-state index >= 15 is 0 Å². The number of hydrogen-bond acceptors (Lipinski definition) is 7. The highest BCUT2D eigenvalue weighted by Gasteiger charge is 2.14. The van der Waals surface area contributed by atoms with Crippen LogP contribution in [0.3, 0.4) is 0 Å². The summed E-state index contributed by atoms with van der Waals surface area (Å²) in [7, 11) is 0. The fourth-order valence-electron chi connectivity index (χ4n) is 2.53. The summed E-state index contributed by atoms with van der Waals surface area (Å²) < 4.78 is 1.85. The molecule has 1 amide bonds. The third-order valence-electron chi connectivity index (χ3n) is 3.84. The van der Waals surface area contributed by atoms with Crippen LogP contribution in [0.25, 0.3) is 4.96 Å². The molecule has 0 spiro atoms. The zero-order valence-electron chi connectivity index (χ0n) is 14.6. The molecule has 0 aliphatic carbocycles. The molecule has 0 saturated heterocycles. The van der Waals surface area contributed by atoms with Gasteiger partial charge in [0.25, 0.3) is 5.56 Å². The first kappa shape index (κ1) is 18.3. The smallest absolute Gasteiger partial charge is 0.297 e. The number of rotatable bonds is 6. The second-order valence-corrected chi connectivity index (χ2v) is 8.06. The van der Waals surface area contributed by atoms with Gasteiger partial charge in [-0.15, -0.1) is 15.3 Å². The quantitative estimate of drug-likeness (QED) is 0.493. The molecular formula is C19H15N5O2S2. The molecule has 9 heteroatoms. The summed E-state index contributed by atoms with van der Waals surface area (Å²) in [4.78, 5) is 25.1. The molecule has 2 heterocycles. The zero-order valence-corrected chi connectivity index (χ0v) is 16.2. The minimum Gasteiger partial charge on any atom is -0.325 e. The van der Waals surface area contributed by atoms with Crippen molar-refractivity contribution in [3.8, 4) is 0 Å². The Balaban J connectivity index is 1.46. The van der Waals surface area contributed by atoms with E-state index in [1.165, 1.54) is 27.6 Å². The predicted octanol–water partition coefficient (Wildman–Crippen LogP) is 2.87. The maximum Gasteiger partial charge on any atom is 0.297 e. The molecule has 2 aromatic carbocycles. The number of anilines is 1. The maximum atomic E-state index is 12.6. The first-order chi connectivity index (χ1) is 13.7. The molecule has 0 unspecified atom stereocenters. The monoisotopic (exact) mass is 409 g/mol. The van der Waals surface area contributed by atoms with Crippen LogP contribution in [0.5, 0.6) is 0 Å². The minimum atomic E-state index is -0.286. The van der Waals surface area contributed by atoms with Gasteiger partial charge in [-0.05, 0) is 17.7 Å². The van der Waals surface area contributed by atoms with Crippen molar-refractivity contribution in [2.75, 3.05) is 11.1 Å². The van der Waals surface area contributed by atoms with Gasteiger partial charge in [0, 0.05) is 12.1 Å². The molecule has 140 valence electrons. The van der Waals surface area contributed by atoms with Crippen LogP contribution in [0.4, 0.5) is 5.69 Å². The highest BCUT2D eigenvalue weighted by molar-refractivity contribution is 8.01. The third kappa shape index (κ3) is 4.26. The molecule has 0 aliphatic heterocycles. The number of hydrogen-bond donors (Lipinski definition) is 1. The van der Waals surface area contributed by atoms with Gasteiger partial charge in [-0.25, -0.2) is 0 Å². The zero-order chi connectivity index (χ0) is 19.3. The van der Waals surface area contributed by atoms with Crippen molar-refractivity contribution in [3.63, 3.8) is 0 Å². The van der Waals surface area contributed by atoms with Gasteiger partial charge in [0.05, 0.1) is 5.75 Å². The molecule has 4 rings (SSSR count). The second kappa shape index (κ2) is 8.32. The first-order valence-corrected chi connectivity index (χ1v) is 10.3. The molecule has 0 radical (unpaired) electrons. The minimum absolute atomic E-state index is 0.140. The Hall–Kier alpha value is -3.04. The lowest BCUT2D eigenvalue weighted by Crippen LogP contribution is -2.22. The molecule has 0 aliphatic rings. The summed E-state index contributed by atoms with van der Waals surface area (Å²) in [5.74, 6) is 0.0481. The van der Waals surface area contributed by atoms with Gasteiger partial charge in [-0.2, -0.15) is 4.52 Å². The van der Waals surface area contributed by atoms with Gasteiger partial charge >= 0.3 is 0 Å². The summed E-state index contributed by atoms with van der Waals surface area (Å²) in [5, 5.41) is 15.3. The molecule has 7 nitrogen and oxygen atoms in total. The third-order valence-corrected chi connectivity index (χ3v) is 5.87. The maximum absolute atomic E-state index is 12.6. The van der Waals surface area contributed by atoms with Crippen LogP contribution in [0.15, 0.2) is 69.8 Å². The molecule has 0 fully saturated rings. The molecule has 2 aromatic heterocycles. The van der Waals surface area contributed by atoms with Gasteiger partial charge in [-0.1, -0.05) is 71.6 Å². The molecule has 4 aromatic rings. The van der Waals surface area contributed by atoms with E-state index in [0.717, 1.165) is 11.3 Å². The fourth-order valence-corrected chi connectivity index (χ4v) is 4.21. The molecular weight excluding hydrogens is 394 g/mol. The Morgan fingerprint density at radius 2 is 1.75 bits per heavy atom. The largest absolute Gasteiger partial charge is 0.325 e. The van der Waals surface area contributed by atoms with E-state index in [2.05, 4.69) is 20.6 Å². The summed E-state index contributed by atoms with van der Waals surface area (Å²) in [6.45, 7) is 0. The lowest BCUT2D eigenvalue weighted by Gasteiger charge is -2.02. The van der Waals surface area contributed by atoms with E-state index in [1.807, 2.05) is 60.7 Å². The molecule has 1 N–H and O–H groups in total. The lowest BCUT2D eigenvalue weighted by atomic mass is 10.1. The Morgan fingerprint density at radius 1 is 1.04 bits per heavy atom. The van der Waals surface area contributed by atoms with E-state index in [4.69, 9.17) is 0 Å². The highest BCUT2D eigenvalue weighted by atomic mass is 32.2. The van der Waals surface area contributed by atoms with Gasteiger partial charge < -0.3 is 5.32 Å². The number of amides is 1. The van der Waals surface area contributed by atoms with Crippen LogP contribution in [-0.4, -0.2) is 31.5 Å². The number of nitrogens with zero attached hydrogens (tertiary/aromatic N) is 4. The Kier molecular flexibility index (Phi) is 5.45. The Morgan fingerprint density at radius 3 is 2.50 bits per heavy atom. The van der Waals surface area contributed by atoms with E-state index < -0.39 is 0 Å². The van der Waals surface area contributed by atoms with Crippen LogP contribution in [0.1, 0.15) is 11.3 Å². The fraction of sp³-hybridized carbons (Fsp3) is 0.105. The number of para-hydroxylation sites is 1. The lowest BCUT2D eigenvalue weighted by molar-refractivity contribution is -0.113. The van der Waals surface area contributed by atoms with E-state index in [-0.39, 0.29) is 17.2 Å². The molecule has 0 bridgehead atoms. The number of aromatic nitrogens is 4. The second-order valence-electron chi connectivity index (χ2n) is 5.88. The first-order valence-electron chi connectivity index (χ1n) is 8.46. The van der Waals surface area contributed by atoms with Crippen LogP contribution in [0, 0.1) is 0 Å². The van der Waals surface area contributed by atoms with Crippen molar-refractivity contribution in [1.82, 2.24) is 19.8 Å². The van der Waals surface area contributed by atoms with Crippen LogP contribution < -0.4 is 10.9 Å². The van der Waals surface area contributed by atoms with Gasteiger partial charge in [0.1, 0.15) is 5.69 Å². The standard InChI is InChI=1S/C19H15N5O2S2/c25-16(20-14-9-5-2-6-10-14)12-27-19-23-24-17(26)15(21-22-18(24)28-19)11-13-7-3-1-4-8-13/h1-10H,11-12H2,(H,20,25). The molecule has 0 saturated carbocycles. The van der Waals surface area contributed by atoms with E-state index in [1.54, 1.807) is 0 Å². The number of thioether (sulfide) groups is 1. The summed E-state index contributed by atoms with van der Waals surface area (Å²) in [6.07, 6.45) is 0.398. The number of fused-ring (bicyclic) bond motifs is 1. The number of nitrogens with one attached hydrogen (secondary N) is 1. The van der Waals surface area contributed by atoms with Gasteiger partial charge in [0.15, 0.2) is 4.34 Å². The number of carbonyl (C=O) groups excluding carboxylic acids is 1. The van der Waals surface area contributed by atoms with Crippen molar-refractivity contribution in [1.29, 1.82) is 0 Å². The molecule has 0 atom stereocenters. The Labute approximate surface area is 168 Å². The van der Waals surface area contributed by atoms with Crippen LogP contribution >= 0.6 is 23.1 Å². The highest BCUT2D eigenvalue weighted by Crippen LogP contribution is 2.23. The van der Waals surface area contributed by atoms with Crippen LogP contribution in [-0.2, 0) is 11.2 Å². The van der Waals surface area contributed by atoms with Crippen molar-refractivity contribution >= 4 is 39.7 Å². The summed E-state index contributed by atoms with van der Waals surface area (Å²) in [5.41, 5.74) is 1.78. The van der Waals surface area contributed by atoms with Crippen molar-refractivity contribution in [2.45, 2.75) is 10.8 Å². The average Bonchev–Trinajstić information content (AvgIpc) is 3.14. The van der Waals surface area contributed by atoms with Gasteiger partial charge in [-0.3, -0.25) is 9.59 Å². The summed E-state index contributed by atoms with van der Waals surface area (Å²) in [6, 6.07) is 18.9. The number of carbonyl (C=O) groups is 1. The molecule has 28 heavy (non-hydrogen) atoms. The normalized spacial score (nSPS) is 10.9. The van der Waals surface area contributed by atoms with Gasteiger partial charge in [0.2, 0.25) is 10.9 Å². The van der Waals surface area contributed by atoms with Crippen molar-refractivity contribution in [3.05, 3.63) is 82.3 Å². The topological polar surface area (TPSA) is 89.3 Å². The van der Waals surface area contributed by atoms with Crippen molar-refractivity contribution in [2.24, 2.45) is 0 Å². The predicted molar refractivity (Wildman–Crippen MR) is 110 cm³/mol. The SMILES string of the molecule is O=C(CSc1nn2c(=O)c(Cc3ccccc3)nnc2s1)Nc1ccccc1. The van der Waals surface area contributed by atoms with E-state index in [9.17, 15) is 9.59 Å². The van der Waals surface area contributed by atoms with Crippen LogP contribution in [0.2, 0.25) is 0 Å².